The van der Waals surface area contributed by atoms with Gasteiger partial charge < -0.3 is 9.47 Å². The Morgan fingerprint density at radius 3 is 2.15 bits per heavy atom. The predicted molar refractivity (Wildman–Crippen MR) is 111 cm³/mol. The molecular weight excluding hydrogens is 387 g/mol. The van der Waals surface area contributed by atoms with Gasteiger partial charge in [0.1, 0.15) is 23.0 Å². The van der Waals surface area contributed by atoms with E-state index in [1.807, 2.05) is 24.3 Å². The molecule has 2 nitrogen and oxygen atoms in total. The Morgan fingerprint density at radius 1 is 0.769 bits per heavy atom. The molecule has 0 aliphatic carbocycles. The lowest BCUT2D eigenvalue weighted by Crippen LogP contribution is -2.57. The summed E-state index contributed by atoms with van der Waals surface area (Å²) < 4.78 is 13.5. The summed E-state index contributed by atoms with van der Waals surface area (Å²) in [4.78, 5) is 0. The number of hydrogen-bond donors (Lipinski definition) is 0. The molecule has 2 aliphatic rings. The number of ether oxygens (including phenoxy) is 2. The van der Waals surface area contributed by atoms with Crippen LogP contribution in [0.3, 0.4) is 0 Å². The van der Waals surface area contributed by atoms with Gasteiger partial charge in [-0.2, -0.15) is 0 Å². The van der Waals surface area contributed by atoms with Crippen LogP contribution in [0, 0.1) is 0 Å². The first-order valence-corrected chi connectivity index (χ1v) is 9.63. The largest absolute Gasteiger partial charge is 0.458 e. The zero-order valence-corrected chi connectivity index (χ0v) is 16.6. The molecule has 0 fully saturated rings. The third kappa shape index (κ3) is 2.32. The number of rotatable bonds is 0. The summed E-state index contributed by atoms with van der Waals surface area (Å²) >= 11 is 3.59. The minimum atomic E-state index is 0.0781. The molecule has 0 saturated carbocycles. The molecule has 0 bridgehead atoms. The van der Waals surface area contributed by atoms with Gasteiger partial charge in [-0.05, 0) is 46.2 Å². The Balaban J connectivity index is 1.79. The zero-order valence-electron chi connectivity index (χ0n) is 15.0. The number of fused-ring (bicyclic) bond motifs is 4. The second-order valence-electron chi connectivity index (χ2n) is 7.99. The number of para-hydroxylation sites is 1. The molecule has 0 N–H and O–H groups in total. The summed E-state index contributed by atoms with van der Waals surface area (Å²) in [5, 5.41) is 0. The Labute approximate surface area is 162 Å². The van der Waals surface area contributed by atoms with Crippen LogP contribution in [0.1, 0.15) is 26.3 Å². The standard InChI is InChI=1S/C22H18BBrO2/c1-22(2,3)13-8-9-16-18(10-13)26-20-12-14(24)11-19-21(20)23(16)15-6-4-5-7-17(15)25-19/h4-12H,1-3H3. The van der Waals surface area contributed by atoms with Gasteiger partial charge in [0.15, 0.2) is 0 Å². The van der Waals surface area contributed by atoms with Gasteiger partial charge in [0.25, 0.3) is 6.71 Å². The molecular formula is C22H18BBrO2. The number of hydrogen-bond acceptors (Lipinski definition) is 2. The van der Waals surface area contributed by atoms with Crippen molar-refractivity contribution in [2.45, 2.75) is 26.2 Å². The van der Waals surface area contributed by atoms with Crippen molar-refractivity contribution in [2.24, 2.45) is 0 Å². The van der Waals surface area contributed by atoms with Crippen molar-refractivity contribution in [1.82, 2.24) is 0 Å². The molecule has 0 radical (unpaired) electrons. The van der Waals surface area contributed by atoms with E-state index in [0.29, 0.717) is 0 Å². The van der Waals surface area contributed by atoms with Crippen LogP contribution in [-0.2, 0) is 5.41 Å². The van der Waals surface area contributed by atoms with Gasteiger partial charge in [-0.25, -0.2) is 0 Å². The van der Waals surface area contributed by atoms with E-state index < -0.39 is 0 Å². The molecule has 128 valence electrons. The van der Waals surface area contributed by atoms with Crippen molar-refractivity contribution in [3.63, 3.8) is 0 Å². The molecule has 2 heterocycles. The van der Waals surface area contributed by atoms with E-state index in [-0.39, 0.29) is 12.1 Å². The molecule has 3 aromatic carbocycles. The van der Waals surface area contributed by atoms with Crippen LogP contribution >= 0.6 is 15.9 Å². The highest BCUT2D eigenvalue weighted by Crippen LogP contribution is 2.37. The molecule has 5 rings (SSSR count). The highest BCUT2D eigenvalue weighted by atomic mass is 79.9. The molecule has 0 unspecified atom stereocenters. The van der Waals surface area contributed by atoms with Gasteiger partial charge in [-0.3, -0.25) is 0 Å². The normalized spacial score (nSPS) is 13.9. The quantitative estimate of drug-likeness (QED) is 0.354. The first-order chi connectivity index (χ1) is 12.4. The monoisotopic (exact) mass is 404 g/mol. The van der Waals surface area contributed by atoms with E-state index in [2.05, 4.69) is 67.0 Å². The van der Waals surface area contributed by atoms with Gasteiger partial charge in [-0.15, -0.1) is 0 Å². The first-order valence-electron chi connectivity index (χ1n) is 8.84. The fourth-order valence-corrected chi connectivity index (χ4v) is 4.29. The minimum absolute atomic E-state index is 0.0781. The maximum atomic E-state index is 6.35. The van der Waals surface area contributed by atoms with E-state index in [9.17, 15) is 0 Å². The van der Waals surface area contributed by atoms with E-state index in [0.717, 1.165) is 32.9 Å². The van der Waals surface area contributed by atoms with Crippen molar-refractivity contribution < 1.29 is 9.47 Å². The summed E-state index contributed by atoms with van der Waals surface area (Å²) in [5.41, 5.74) is 4.86. The van der Waals surface area contributed by atoms with Crippen LogP contribution in [0.4, 0.5) is 0 Å². The number of halogens is 1. The van der Waals surface area contributed by atoms with Crippen LogP contribution in [0.2, 0.25) is 0 Å². The lowest BCUT2D eigenvalue weighted by molar-refractivity contribution is 0.462. The van der Waals surface area contributed by atoms with Crippen molar-refractivity contribution in [3.8, 4) is 23.0 Å². The van der Waals surface area contributed by atoms with Crippen LogP contribution in [0.5, 0.6) is 23.0 Å². The lowest BCUT2D eigenvalue weighted by Gasteiger charge is -2.33. The van der Waals surface area contributed by atoms with Crippen molar-refractivity contribution >= 4 is 39.0 Å². The van der Waals surface area contributed by atoms with Gasteiger partial charge in [0.2, 0.25) is 0 Å². The molecule has 0 amide bonds. The minimum Gasteiger partial charge on any atom is -0.458 e. The summed E-state index contributed by atoms with van der Waals surface area (Å²) in [6.07, 6.45) is 0. The second kappa shape index (κ2) is 5.40. The van der Waals surface area contributed by atoms with E-state index in [1.165, 1.54) is 16.5 Å². The average molecular weight is 405 g/mol. The van der Waals surface area contributed by atoms with Gasteiger partial charge in [0, 0.05) is 9.94 Å². The third-order valence-corrected chi connectivity index (χ3v) is 5.68. The maximum Gasteiger partial charge on any atom is 0.260 e. The van der Waals surface area contributed by atoms with Gasteiger partial charge in [-0.1, -0.05) is 67.0 Å². The molecule has 0 spiro atoms. The Bertz CT molecular complexity index is 1050. The van der Waals surface area contributed by atoms with Crippen molar-refractivity contribution in [2.75, 3.05) is 0 Å². The summed E-state index contributed by atoms with van der Waals surface area (Å²) in [6, 6.07) is 19.0. The molecule has 0 aromatic heterocycles. The molecule has 26 heavy (non-hydrogen) atoms. The van der Waals surface area contributed by atoms with Crippen LogP contribution < -0.4 is 25.9 Å². The lowest BCUT2D eigenvalue weighted by atomic mass is 9.35. The van der Waals surface area contributed by atoms with Crippen LogP contribution in [0.15, 0.2) is 59.1 Å². The number of benzene rings is 3. The van der Waals surface area contributed by atoms with E-state index in [4.69, 9.17) is 9.47 Å². The van der Waals surface area contributed by atoms with E-state index >= 15 is 0 Å². The topological polar surface area (TPSA) is 18.5 Å². The van der Waals surface area contributed by atoms with E-state index in [1.54, 1.807) is 0 Å². The molecule has 0 atom stereocenters. The maximum absolute atomic E-state index is 6.35. The third-order valence-electron chi connectivity index (χ3n) is 5.22. The highest BCUT2D eigenvalue weighted by Gasteiger charge is 2.40. The fraction of sp³-hybridized carbons (Fsp3) is 0.182. The fourth-order valence-electron chi connectivity index (χ4n) is 3.88. The van der Waals surface area contributed by atoms with Crippen LogP contribution in [-0.4, -0.2) is 6.71 Å². The summed E-state index contributed by atoms with van der Waals surface area (Å²) in [7, 11) is 0. The summed E-state index contributed by atoms with van der Waals surface area (Å²) in [6.45, 7) is 6.81. The van der Waals surface area contributed by atoms with Crippen LogP contribution in [0.25, 0.3) is 0 Å². The SMILES string of the molecule is CC(C)(C)c1ccc2c(c1)Oc1cc(Br)cc3c1B2c1ccccc1O3. The Kier molecular flexibility index (Phi) is 3.33. The molecule has 4 heteroatoms. The Morgan fingerprint density at radius 2 is 1.42 bits per heavy atom. The molecule has 2 aliphatic heterocycles. The molecule has 3 aromatic rings. The average Bonchev–Trinajstić information content (AvgIpc) is 2.59. The first kappa shape index (κ1) is 16.0. The summed E-state index contributed by atoms with van der Waals surface area (Å²) in [5.74, 6) is 3.59. The smallest absolute Gasteiger partial charge is 0.260 e. The van der Waals surface area contributed by atoms with Gasteiger partial charge in [0.05, 0.1) is 0 Å². The Hall–Kier alpha value is -2.20. The predicted octanol–water partition coefficient (Wildman–Crippen LogP) is 4.47. The zero-order chi connectivity index (χ0) is 18.1. The highest BCUT2D eigenvalue weighted by molar-refractivity contribution is 9.10. The van der Waals surface area contributed by atoms with Crippen molar-refractivity contribution in [3.05, 3.63) is 64.6 Å². The molecule has 0 saturated heterocycles. The van der Waals surface area contributed by atoms with Gasteiger partial charge >= 0.3 is 0 Å². The van der Waals surface area contributed by atoms with Crippen molar-refractivity contribution in [1.29, 1.82) is 0 Å². The second-order valence-corrected chi connectivity index (χ2v) is 8.91.